The molecule has 1 aliphatic rings. The second-order valence-electron chi connectivity index (χ2n) is 5.55. The van der Waals surface area contributed by atoms with E-state index in [2.05, 4.69) is 0 Å². The Morgan fingerprint density at radius 3 is 2.73 bits per heavy atom. The molecule has 26 heavy (non-hydrogen) atoms. The summed E-state index contributed by atoms with van der Waals surface area (Å²) in [5.41, 5.74) is 1.65. The Kier molecular flexibility index (Phi) is 4.75. The van der Waals surface area contributed by atoms with Crippen LogP contribution in [0.5, 0.6) is 17.2 Å². The zero-order valence-corrected chi connectivity index (χ0v) is 14.2. The first-order chi connectivity index (χ1) is 12.5. The number of hydrogen-bond donors (Lipinski definition) is 1. The van der Waals surface area contributed by atoms with Crippen LogP contribution in [0.2, 0.25) is 0 Å². The molecule has 0 radical (unpaired) electrons. The molecule has 0 aliphatic carbocycles. The standard InChI is InChI=1S/C20H16O6/c1-12(21)25-16-5-3-4-14(10-16)18-11-15(20(23)26-18)8-13-6-7-17(22)19(9-13)24-2/h3-11,22H,1-2H3/b15-8+. The highest BCUT2D eigenvalue weighted by Gasteiger charge is 2.22. The third kappa shape index (κ3) is 3.75. The van der Waals surface area contributed by atoms with Crippen LogP contribution in [-0.2, 0) is 14.3 Å². The van der Waals surface area contributed by atoms with Crippen LogP contribution >= 0.6 is 0 Å². The summed E-state index contributed by atoms with van der Waals surface area (Å²) in [4.78, 5) is 23.2. The predicted octanol–water partition coefficient (Wildman–Crippen LogP) is 3.31. The van der Waals surface area contributed by atoms with Crippen molar-refractivity contribution in [3.63, 3.8) is 0 Å². The van der Waals surface area contributed by atoms with Crippen molar-refractivity contribution in [1.82, 2.24) is 0 Å². The van der Waals surface area contributed by atoms with Crippen molar-refractivity contribution in [2.75, 3.05) is 7.11 Å². The number of methoxy groups -OCH3 is 1. The van der Waals surface area contributed by atoms with Crippen molar-refractivity contribution in [1.29, 1.82) is 0 Å². The first kappa shape index (κ1) is 17.3. The minimum absolute atomic E-state index is 0.0159. The molecule has 0 saturated carbocycles. The molecule has 0 bridgehead atoms. The van der Waals surface area contributed by atoms with Gasteiger partial charge in [0.2, 0.25) is 0 Å². The molecule has 0 aromatic heterocycles. The van der Waals surface area contributed by atoms with Crippen molar-refractivity contribution in [2.45, 2.75) is 6.92 Å². The van der Waals surface area contributed by atoms with E-state index in [1.807, 2.05) is 0 Å². The maximum absolute atomic E-state index is 12.1. The largest absolute Gasteiger partial charge is 0.504 e. The van der Waals surface area contributed by atoms with Gasteiger partial charge in [-0.1, -0.05) is 18.2 Å². The van der Waals surface area contributed by atoms with Gasteiger partial charge in [0.1, 0.15) is 11.5 Å². The van der Waals surface area contributed by atoms with Crippen LogP contribution in [0.4, 0.5) is 0 Å². The van der Waals surface area contributed by atoms with Crippen molar-refractivity contribution < 1.29 is 28.9 Å². The van der Waals surface area contributed by atoms with E-state index in [1.54, 1.807) is 48.6 Å². The van der Waals surface area contributed by atoms with Gasteiger partial charge in [-0.05, 0) is 42.0 Å². The minimum Gasteiger partial charge on any atom is -0.504 e. The lowest BCUT2D eigenvalue weighted by Crippen LogP contribution is -2.01. The summed E-state index contributed by atoms with van der Waals surface area (Å²) in [7, 11) is 1.45. The summed E-state index contributed by atoms with van der Waals surface area (Å²) >= 11 is 0. The van der Waals surface area contributed by atoms with E-state index >= 15 is 0 Å². The number of carbonyl (C=O) groups is 2. The lowest BCUT2D eigenvalue weighted by Gasteiger charge is -2.05. The van der Waals surface area contributed by atoms with Gasteiger partial charge in [-0.2, -0.15) is 0 Å². The summed E-state index contributed by atoms with van der Waals surface area (Å²) < 4.78 is 15.4. The van der Waals surface area contributed by atoms with Gasteiger partial charge in [-0.3, -0.25) is 4.79 Å². The van der Waals surface area contributed by atoms with Crippen LogP contribution in [0.15, 0.2) is 54.1 Å². The number of aromatic hydroxyl groups is 1. The zero-order valence-electron chi connectivity index (χ0n) is 14.2. The maximum atomic E-state index is 12.1. The molecule has 6 heteroatoms. The SMILES string of the molecule is COc1cc(/C=C2\C=C(c3cccc(OC(C)=O)c3)OC2=O)ccc1O. The van der Waals surface area contributed by atoms with Gasteiger partial charge < -0.3 is 19.3 Å². The van der Waals surface area contributed by atoms with Gasteiger partial charge in [-0.25, -0.2) is 4.79 Å². The Hall–Kier alpha value is -3.54. The van der Waals surface area contributed by atoms with Gasteiger partial charge >= 0.3 is 11.9 Å². The third-order valence-corrected chi connectivity index (χ3v) is 3.63. The van der Waals surface area contributed by atoms with E-state index in [0.717, 1.165) is 0 Å². The highest BCUT2D eigenvalue weighted by molar-refractivity contribution is 6.05. The maximum Gasteiger partial charge on any atom is 0.343 e. The van der Waals surface area contributed by atoms with E-state index in [-0.39, 0.29) is 5.75 Å². The Bertz CT molecular complexity index is 939. The van der Waals surface area contributed by atoms with Crippen molar-refractivity contribution >= 4 is 23.8 Å². The van der Waals surface area contributed by atoms with Crippen molar-refractivity contribution in [3.8, 4) is 17.2 Å². The first-order valence-electron chi connectivity index (χ1n) is 7.77. The predicted molar refractivity (Wildman–Crippen MR) is 94.5 cm³/mol. The molecular weight excluding hydrogens is 336 g/mol. The number of carbonyl (C=O) groups excluding carboxylic acids is 2. The van der Waals surface area contributed by atoms with Crippen LogP contribution < -0.4 is 9.47 Å². The molecule has 2 aromatic carbocycles. The van der Waals surface area contributed by atoms with Gasteiger partial charge in [0, 0.05) is 12.5 Å². The number of hydrogen-bond acceptors (Lipinski definition) is 6. The highest BCUT2D eigenvalue weighted by Crippen LogP contribution is 2.31. The van der Waals surface area contributed by atoms with Crippen LogP contribution in [0.25, 0.3) is 11.8 Å². The molecule has 2 aromatic rings. The molecule has 1 aliphatic heterocycles. The average molecular weight is 352 g/mol. The van der Waals surface area contributed by atoms with Gasteiger partial charge in [-0.15, -0.1) is 0 Å². The Balaban J connectivity index is 1.91. The second kappa shape index (κ2) is 7.14. The molecule has 0 saturated heterocycles. The number of phenols is 1. The van der Waals surface area contributed by atoms with Crippen LogP contribution in [-0.4, -0.2) is 24.2 Å². The number of ether oxygens (including phenoxy) is 3. The van der Waals surface area contributed by atoms with Crippen molar-refractivity contribution in [2.24, 2.45) is 0 Å². The first-order valence-corrected chi connectivity index (χ1v) is 7.77. The lowest BCUT2D eigenvalue weighted by atomic mass is 10.1. The summed E-state index contributed by atoms with van der Waals surface area (Å²) in [5.74, 6) is 0.131. The Morgan fingerprint density at radius 2 is 2.00 bits per heavy atom. The van der Waals surface area contributed by atoms with E-state index in [4.69, 9.17) is 14.2 Å². The fourth-order valence-electron chi connectivity index (χ4n) is 2.47. The van der Waals surface area contributed by atoms with E-state index < -0.39 is 11.9 Å². The molecule has 0 spiro atoms. The lowest BCUT2D eigenvalue weighted by molar-refractivity contribution is -0.132. The number of esters is 2. The molecule has 1 N–H and O–H groups in total. The van der Waals surface area contributed by atoms with Crippen LogP contribution in [0.1, 0.15) is 18.1 Å². The molecule has 6 nitrogen and oxygen atoms in total. The van der Waals surface area contributed by atoms with Crippen LogP contribution in [0.3, 0.4) is 0 Å². The summed E-state index contributed by atoms with van der Waals surface area (Å²) in [6, 6.07) is 11.5. The Labute approximate surface area is 149 Å². The number of rotatable bonds is 4. The molecule has 0 atom stereocenters. The fourth-order valence-corrected chi connectivity index (χ4v) is 2.47. The average Bonchev–Trinajstić information content (AvgIpc) is 2.97. The monoisotopic (exact) mass is 352 g/mol. The summed E-state index contributed by atoms with van der Waals surface area (Å²) in [6.07, 6.45) is 3.24. The minimum atomic E-state index is -0.495. The smallest absolute Gasteiger partial charge is 0.343 e. The fraction of sp³-hybridized carbons (Fsp3) is 0.100. The summed E-state index contributed by atoms with van der Waals surface area (Å²) in [5, 5.41) is 9.64. The number of cyclic esters (lactones) is 1. The Morgan fingerprint density at radius 1 is 1.19 bits per heavy atom. The number of phenolic OH excluding ortho intramolecular Hbond substituents is 1. The normalized spacial score (nSPS) is 14.8. The topological polar surface area (TPSA) is 82.1 Å². The van der Waals surface area contributed by atoms with Gasteiger partial charge in [0.15, 0.2) is 11.5 Å². The molecule has 0 fully saturated rings. The molecule has 0 unspecified atom stereocenters. The quantitative estimate of drug-likeness (QED) is 0.516. The van der Waals surface area contributed by atoms with Crippen LogP contribution in [0, 0.1) is 0 Å². The highest BCUT2D eigenvalue weighted by atomic mass is 16.5. The van der Waals surface area contributed by atoms with Gasteiger partial charge in [0.05, 0.1) is 12.7 Å². The molecule has 1 heterocycles. The van der Waals surface area contributed by atoms with E-state index in [1.165, 1.54) is 20.1 Å². The second-order valence-corrected chi connectivity index (χ2v) is 5.55. The summed E-state index contributed by atoms with van der Waals surface area (Å²) in [6.45, 7) is 1.31. The van der Waals surface area contributed by atoms with E-state index in [9.17, 15) is 14.7 Å². The van der Waals surface area contributed by atoms with Gasteiger partial charge in [0.25, 0.3) is 0 Å². The molecule has 132 valence electrons. The zero-order chi connectivity index (χ0) is 18.7. The third-order valence-electron chi connectivity index (χ3n) is 3.63. The van der Waals surface area contributed by atoms with Crippen molar-refractivity contribution in [3.05, 3.63) is 65.2 Å². The molecule has 0 amide bonds. The van der Waals surface area contributed by atoms with E-state index in [0.29, 0.717) is 34.0 Å². The molecule has 3 rings (SSSR count). The number of benzene rings is 2. The molecular formula is C20H16O6.